The molecule has 10 nitrogen and oxygen atoms in total. The van der Waals surface area contributed by atoms with E-state index in [9.17, 15) is 13.2 Å². The Morgan fingerprint density at radius 1 is 1.13 bits per heavy atom. The lowest BCUT2D eigenvalue weighted by Gasteiger charge is -2.17. The molecule has 0 spiro atoms. The first-order valence-electron chi connectivity index (χ1n) is 9.41. The van der Waals surface area contributed by atoms with Crippen molar-refractivity contribution in [1.82, 2.24) is 24.2 Å². The van der Waals surface area contributed by atoms with E-state index in [0.717, 1.165) is 11.4 Å². The van der Waals surface area contributed by atoms with Gasteiger partial charge in [0.05, 0.1) is 4.90 Å². The lowest BCUT2D eigenvalue weighted by atomic mass is 10.0. The summed E-state index contributed by atoms with van der Waals surface area (Å²) in [5.41, 5.74) is 1.48. The number of hydrogen-bond acceptors (Lipinski definition) is 7. The zero-order valence-corrected chi connectivity index (χ0v) is 17.1. The number of imidazole rings is 1. The van der Waals surface area contributed by atoms with Crippen LogP contribution in [-0.4, -0.2) is 46.9 Å². The van der Waals surface area contributed by atoms with Crippen molar-refractivity contribution in [3.63, 3.8) is 0 Å². The molecular formula is C19H21N7O3S. The van der Waals surface area contributed by atoms with E-state index in [0.29, 0.717) is 36.7 Å². The highest BCUT2D eigenvalue weighted by molar-refractivity contribution is 7.89. The largest absolute Gasteiger partial charge is 0.369 e. The zero-order chi connectivity index (χ0) is 21.1. The second-order valence-electron chi connectivity index (χ2n) is 6.80. The topological polar surface area (TPSA) is 131 Å². The third kappa shape index (κ3) is 4.31. The first-order valence-corrected chi connectivity index (χ1v) is 10.9. The predicted octanol–water partition coefficient (Wildman–Crippen LogP) is 1.25. The minimum atomic E-state index is -3.66. The highest BCUT2D eigenvalue weighted by Crippen LogP contribution is 2.25. The molecule has 1 aliphatic heterocycles. The summed E-state index contributed by atoms with van der Waals surface area (Å²) in [6.45, 7) is 2.40. The van der Waals surface area contributed by atoms with Crippen molar-refractivity contribution in [3.8, 4) is 5.82 Å². The summed E-state index contributed by atoms with van der Waals surface area (Å²) >= 11 is 0. The first kappa shape index (κ1) is 20.0. The number of aryl methyl sites for hydroxylation is 2. The number of carbonyl (C=O) groups is 1. The number of amides is 1. The van der Waals surface area contributed by atoms with Gasteiger partial charge in [-0.1, -0.05) is 0 Å². The van der Waals surface area contributed by atoms with Gasteiger partial charge < -0.3 is 10.6 Å². The van der Waals surface area contributed by atoms with E-state index in [1.165, 1.54) is 12.4 Å². The van der Waals surface area contributed by atoms with Gasteiger partial charge in [-0.3, -0.25) is 9.36 Å². The molecule has 3 N–H and O–H groups in total. The Morgan fingerprint density at radius 2 is 2.00 bits per heavy atom. The molecule has 11 heteroatoms. The minimum absolute atomic E-state index is 0.0571. The molecule has 3 aromatic rings. The number of fused-ring (bicyclic) bond motifs is 1. The maximum Gasteiger partial charge on any atom is 0.240 e. The number of carbonyl (C=O) groups excluding carboxylic acids is 1. The van der Waals surface area contributed by atoms with E-state index in [2.05, 4.69) is 30.3 Å². The van der Waals surface area contributed by atoms with Crippen LogP contribution in [-0.2, 0) is 21.2 Å². The van der Waals surface area contributed by atoms with Crippen molar-refractivity contribution >= 4 is 27.4 Å². The van der Waals surface area contributed by atoms with Crippen LogP contribution in [0, 0.1) is 6.92 Å². The summed E-state index contributed by atoms with van der Waals surface area (Å²) < 4.78 is 29.6. The normalized spacial score (nSPS) is 13.6. The average molecular weight is 427 g/mol. The van der Waals surface area contributed by atoms with E-state index in [4.69, 9.17) is 0 Å². The number of rotatable bonds is 7. The van der Waals surface area contributed by atoms with Crippen LogP contribution in [0.25, 0.3) is 5.82 Å². The Hall–Kier alpha value is -3.31. The molecule has 0 unspecified atom stereocenters. The highest BCUT2D eigenvalue weighted by atomic mass is 32.2. The molecule has 0 aliphatic carbocycles. The number of aromatic nitrogens is 4. The molecule has 1 aliphatic rings. The zero-order valence-electron chi connectivity index (χ0n) is 16.3. The molecular weight excluding hydrogens is 406 g/mol. The van der Waals surface area contributed by atoms with Crippen LogP contribution in [0.15, 0.2) is 47.9 Å². The van der Waals surface area contributed by atoms with Crippen molar-refractivity contribution < 1.29 is 13.2 Å². The van der Waals surface area contributed by atoms with Gasteiger partial charge in [0.2, 0.25) is 15.9 Å². The number of sulfonamides is 1. The van der Waals surface area contributed by atoms with E-state index in [-0.39, 0.29) is 17.3 Å². The second-order valence-corrected chi connectivity index (χ2v) is 8.56. The molecule has 1 aromatic carbocycles. The molecule has 0 radical (unpaired) electrons. The monoisotopic (exact) mass is 427 g/mol. The molecule has 156 valence electrons. The lowest BCUT2D eigenvalue weighted by Crippen LogP contribution is -2.29. The van der Waals surface area contributed by atoms with E-state index >= 15 is 0 Å². The standard InChI is InChI=1S/C19H21N7O3S/c1-13-20-8-9-26(13)18-11-17(22-12-23-18)21-6-7-24-30(28,29)15-3-4-16-14(10-15)2-5-19(27)25-16/h3-4,8-12,24H,2,5-7H2,1H3,(H,25,27)(H,21,22,23). The van der Waals surface area contributed by atoms with Crippen LogP contribution < -0.4 is 15.4 Å². The van der Waals surface area contributed by atoms with E-state index in [1.807, 2.05) is 11.5 Å². The van der Waals surface area contributed by atoms with Crippen molar-refractivity contribution in [3.05, 3.63) is 54.4 Å². The molecule has 0 atom stereocenters. The van der Waals surface area contributed by atoms with Crippen molar-refractivity contribution in [2.24, 2.45) is 0 Å². The third-order valence-electron chi connectivity index (χ3n) is 4.73. The van der Waals surface area contributed by atoms with Gasteiger partial charge in [-0.2, -0.15) is 0 Å². The van der Waals surface area contributed by atoms with Crippen molar-refractivity contribution in [2.75, 3.05) is 23.7 Å². The second kappa shape index (κ2) is 8.20. The average Bonchev–Trinajstić information content (AvgIpc) is 3.17. The summed E-state index contributed by atoms with van der Waals surface area (Å²) in [6.07, 6.45) is 5.81. The maximum absolute atomic E-state index is 12.6. The third-order valence-corrected chi connectivity index (χ3v) is 6.19. The Labute approximate surface area is 173 Å². The SMILES string of the molecule is Cc1nccn1-c1cc(NCCNS(=O)(=O)c2ccc3c(c2)CCC(=O)N3)ncn1. The molecule has 0 fully saturated rings. The van der Waals surface area contributed by atoms with Crippen LogP contribution in [0.2, 0.25) is 0 Å². The Morgan fingerprint density at radius 3 is 2.80 bits per heavy atom. The van der Waals surface area contributed by atoms with Crippen LogP contribution >= 0.6 is 0 Å². The minimum Gasteiger partial charge on any atom is -0.369 e. The molecule has 3 heterocycles. The highest BCUT2D eigenvalue weighted by Gasteiger charge is 2.19. The van der Waals surface area contributed by atoms with Crippen LogP contribution in [0.3, 0.4) is 0 Å². The van der Waals surface area contributed by atoms with Gasteiger partial charge in [-0.15, -0.1) is 0 Å². The Balaban J connectivity index is 1.35. The Kier molecular flexibility index (Phi) is 5.46. The molecule has 0 saturated carbocycles. The fraction of sp³-hybridized carbons (Fsp3) is 0.263. The van der Waals surface area contributed by atoms with Gasteiger partial charge in [-0.25, -0.2) is 28.1 Å². The van der Waals surface area contributed by atoms with Gasteiger partial charge in [0, 0.05) is 43.7 Å². The smallest absolute Gasteiger partial charge is 0.240 e. The van der Waals surface area contributed by atoms with E-state index in [1.54, 1.807) is 30.6 Å². The fourth-order valence-electron chi connectivity index (χ4n) is 3.18. The number of benzene rings is 1. The lowest BCUT2D eigenvalue weighted by molar-refractivity contribution is -0.116. The summed E-state index contributed by atoms with van der Waals surface area (Å²) in [6, 6.07) is 6.49. The van der Waals surface area contributed by atoms with Crippen LogP contribution in [0.5, 0.6) is 0 Å². The number of nitrogens with one attached hydrogen (secondary N) is 3. The number of anilines is 2. The summed E-state index contributed by atoms with van der Waals surface area (Å²) in [5.74, 6) is 2.00. The molecule has 30 heavy (non-hydrogen) atoms. The molecule has 2 aromatic heterocycles. The van der Waals surface area contributed by atoms with Gasteiger partial charge in [0.1, 0.15) is 23.8 Å². The van der Waals surface area contributed by atoms with E-state index < -0.39 is 10.0 Å². The van der Waals surface area contributed by atoms with Gasteiger partial charge in [-0.05, 0) is 37.1 Å². The van der Waals surface area contributed by atoms with Gasteiger partial charge in [0.25, 0.3) is 0 Å². The Bertz CT molecular complexity index is 1190. The molecule has 1 amide bonds. The maximum atomic E-state index is 12.6. The van der Waals surface area contributed by atoms with Gasteiger partial charge in [0.15, 0.2) is 0 Å². The first-order chi connectivity index (χ1) is 14.4. The number of hydrogen-bond donors (Lipinski definition) is 3. The van der Waals surface area contributed by atoms with Crippen LogP contribution in [0.1, 0.15) is 17.8 Å². The fourth-order valence-corrected chi connectivity index (χ4v) is 4.26. The summed E-state index contributed by atoms with van der Waals surface area (Å²) in [7, 11) is -3.66. The van der Waals surface area contributed by atoms with Crippen molar-refractivity contribution in [2.45, 2.75) is 24.7 Å². The molecule has 0 bridgehead atoms. The van der Waals surface area contributed by atoms with Gasteiger partial charge >= 0.3 is 0 Å². The van der Waals surface area contributed by atoms with Crippen LogP contribution in [0.4, 0.5) is 11.5 Å². The number of nitrogens with zero attached hydrogens (tertiary/aromatic N) is 4. The van der Waals surface area contributed by atoms with Crippen molar-refractivity contribution in [1.29, 1.82) is 0 Å². The molecule has 0 saturated heterocycles. The summed E-state index contributed by atoms with van der Waals surface area (Å²) in [4.78, 5) is 24.2. The molecule has 4 rings (SSSR count). The quantitative estimate of drug-likeness (QED) is 0.484. The predicted molar refractivity (Wildman–Crippen MR) is 111 cm³/mol. The summed E-state index contributed by atoms with van der Waals surface area (Å²) in [5, 5.41) is 5.83.